The van der Waals surface area contributed by atoms with Gasteiger partial charge in [-0.25, -0.2) is 0 Å². The van der Waals surface area contributed by atoms with Crippen molar-refractivity contribution in [2.24, 2.45) is 0 Å². The number of nitrogens with one attached hydrogen (secondary N) is 1. The van der Waals surface area contributed by atoms with E-state index in [0.29, 0.717) is 0 Å². The van der Waals surface area contributed by atoms with Crippen molar-refractivity contribution in [3.63, 3.8) is 0 Å². The van der Waals surface area contributed by atoms with Crippen molar-refractivity contribution in [2.45, 2.75) is 19.1 Å². The van der Waals surface area contributed by atoms with Gasteiger partial charge in [0.25, 0.3) is 0 Å². The summed E-state index contributed by atoms with van der Waals surface area (Å²) in [5.41, 5.74) is 0. The lowest BCUT2D eigenvalue weighted by Gasteiger charge is -2.27. The van der Waals surface area contributed by atoms with Crippen LogP contribution in [0.2, 0.25) is 0 Å². The second-order valence-electron chi connectivity index (χ2n) is 3.70. The molecule has 1 heterocycles. The van der Waals surface area contributed by atoms with E-state index < -0.39 is 10.8 Å². The Balaban J connectivity index is 2.37. The third-order valence-electron chi connectivity index (χ3n) is 2.26. The van der Waals surface area contributed by atoms with E-state index in [0.717, 1.165) is 26.2 Å². The average Bonchev–Trinajstić information content (AvgIpc) is 2.19. The van der Waals surface area contributed by atoms with Crippen LogP contribution >= 0.6 is 0 Å². The molecule has 5 heteroatoms. The summed E-state index contributed by atoms with van der Waals surface area (Å²) < 4.78 is 11.4. The molecule has 1 aliphatic rings. The van der Waals surface area contributed by atoms with E-state index in [1.54, 1.807) is 4.90 Å². The molecule has 1 atom stereocenters. The maximum Gasteiger partial charge on any atom is 0.235 e. The van der Waals surface area contributed by atoms with E-state index in [4.69, 9.17) is 0 Å². The Labute approximate surface area is 87.5 Å². The number of hydrogen-bond acceptors (Lipinski definition) is 3. The topological polar surface area (TPSA) is 49.4 Å². The van der Waals surface area contributed by atoms with Crippen molar-refractivity contribution in [3.05, 3.63) is 0 Å². The molecule has 1 aliphatic heterocycles. The van der Waals surface area contributed by atoms with Gasteiger partial charge in [-0.05, 0) is 0 Å². The average molecular weight is 218 g/mol. The van der Waals surface area contributed by atoms with Crippen LogP contribution in [0.4, 0.5) is 0 Å². The summed E-state index contributed by atoms with van der Waals surface area (Å²) in [6, 6.07) is 0. The highest BCUT2D eigenvalue weighted by Gasteiger charge is 2.19. The summed E-state index contributed by atoms with van der Waals surface area (Å²) in [4.78, 5) is 13.4. The van der Waals surface area contributed by atoms with Gasteiger partial charge < -0.3 is 10.2 Å². The van der Waals surface area contributed by atoms with Gasteiger partial charge in [-0.15, -0.1) is 0 Å². The first-order valence-electron chi connectivity index (χ1n) is 4.97. The molecule has 0 saturated carbocycles. The van der Waals surface area contributed by atoms with Gasteiger partial charge in [-0.3, -0.25) is 9.00 Å². The van der Waals surface area contributed by atoms with Crippen molar-refractivity contribution in [1.82, 2.24) is 10.2 Å². The van der Waals surface area contributed by atoms with Gasteiger partial charge in [0.2, 0.25) is 5.91 Å². The van der Waals surface area contributed by atoms with E-state index in [-0.39, 0.29) is 16.9 Å². The number of rotatable bonds is 3. The molecule has 0 aromatic rings. The molecule has 0 bridgehead atoms. The molecule has 1 unspecified atom stereocenters. The molecule has 1 N–H and O–H groups in total. The molecule has 1 amide bonds. The van der Waals surface area contributed by atoms with Crippen LogP contribution < -0.4 is 5.32 Å². The van der Waals surface area contributed by atoms with Crippen LogP contribution in [0.15, 0.2) is 0 Å². The quantitative estimate of drug-likeness (QED) is 0.699. The minimum atomic E-state index is -1.02. The highest BCUT2D eigenvalue weighted by atomic mass is 32.2. The third-order valence-corrected chi connectivity index (χ3v) is 3.84. The van der Waals surface area contributed by atoms with E-state index in [2.05, 4.69) is 5.32 Å². The van der Waals surface area contributed by atoms with E-state index in [9.17, 15) is 9.00 Å². The van der Waals surface area contributed by atoms with Crippen molar-refractivity contribution < 1.29 is 9.00 Å². The predicted molar refractivity (Wildman–Crippen MR) is 57.6 cm³/mol. The fourth-order valence-corrected chi connectivity index (χ4v) is 2.05. The van der Waals surface area contributed by atoms with Crippen molar-refractivity contribution >= 4 is 16.7 Å². The van der Waals surface area contributed by atoms with E-state index in [1.807, 2.05) is 13.8 Å². The number of hydrogen-bond donors (Lipinski definition) is 1. The van der Waals surface area contributed by atoms with Crippen LogP contribution in [0.25, 0.3) is 0 Å². The first-order valence-corrected chi connectivity index (χ1v) is 6.35. The summed E-state index contributed by atoms with van der Waals surface area (Å²) in [5, 5.41) is 3.25. The second-order valence-corrected chi connectivity index (χ2v) is 5.70. The van der Waals surface area contributed by atoms with Gasteiger partial charge in [0.1, 0.15) is 5.75 Å². The zero-order chi connectivity index (χ0) is 10.6. The number of carbonyl (C=O) groups excluding carboxylic acids is 1. The van der Waals surface area contributed by atoms with Gasteiger partial charge >= 0.3 is 0 Å². The molecule has 0 spiro atoms. The van der Waals surface area contributed by atoms with Crippen LogP contribution in [0.1, 0.15) is 13.8 Å². The molecule has 1 fully saturated rings. The molecule has 82 valence electrons. The number of carbonyl (C=O) groups is 1. The molecule has 1 saturated heterocycles. The molecular formula is C9H18N2O2S. The van der Waals surface area contributed by atoms with Crippen LogP contribution in [-0.2, 0) is 15.6 Å². The molecule has 0 radical (unpaired) electrons. The Morgan fingerprint density at radius 3 is 2.50 bits per heavy atom. The van der Waals surface area contributed by atoms with Crippen molar-refractivity contribution in [2.75, 3.05) is 31.9 Å². The summed E-state index contributed by atoms with van der Waals surface area (Å²) in [6.07, 6.45) is 0. The summed E-state index contributed by atoms with van der Waals surface area (Å²) >= 11 is 0. The Morgan fingerprint density at radius 2 is 2.00 bits per heavy atom. The zero-order valence-corrected chi connectivity index (χ0v) is 9.60. The highest BCUT2D eigenvalue weighted by Crippen LogP contribution is 1.99. The van der Waals surface area contributed by atoms with Crippen LogP contribution in [0.3, 0.4) is 0 Å². The minimum Gasteiger partial charge on any atom is -0.339 e. The first kappa shape index (κ1) is 11.7. The van der Waals surface area contributed by atoms with Gasteiger partial charge in [0.15, 0.2) is 0 Å². The number of piperazine rings is 1. The Bertz CT molecular complexity index is 225. The van der Waals surface area contributed by atoms with Gasteiger partial charge in [-0.2, -0.15) is 0 Å². The SMILES string of the molecule is CC(C)S(=O)CC(=O)N1CCNCC1. The van der Waals surface area contributed by atoms with Gasteiger partial charge in [0, 0.05) is 42.2 Å². The molecule has 4 nitrogen and oxygen atoms in total. The van der Waals surface area contributed by atoms with Gasteiger partial charge in [0.05, 0.1) is 0 Å². The third kappa shape index (κ3) is 3.38. The van der Waals surface area contributed by atoms with E-state index >= 15 is 0 Å². The fourth-order valence-electron chi connectivity index (χ4n) is 1.29. The van der Waals surface area contributed by atoms with Crippen LogP contribution in [-0.4, -0.2) is 52.2 Å². The normalized spacial score (nSPS) is 19.8. The minimum absolute atomic E-state index is 0.0264. The first-order chi connectivity index (χ1) is 6.61. The predicted octanol–water partition coefficient (Wildman–Crippen LogP) is -0.425. The molecule has 14 heavy (non-hydrogen) atoms. The molecule has 1 rings (SSSR count). The lowest BCUT2D eigenvalue weighted by molar-refractivity contribution is -0.128. The summed E-state index contributed by atoms with van der Waals surface area (Å²) in [6.45, 7) is 6.94. The monoisotopic (exact) mass is 218 g/mol. The van der Waals surface area contributed by atoms with Crippen molar-refractivity contribution in [3.8, 4) is 0 Å². The van der Waals surface area contributed by atoms with Gasteiger partial charge in [-0.1, -0.05) is 13.8 Å². The van der Waals surface area contributed by atoms with Crippen molar-refractivity contribution in [1.29, 1.82) is 0 Å². The maximum absolute atomic E-state index is 11.6. The summed E-state index contributed by atoms with van der Waals surface area (Å²) in [5.74, 6) is 0.205. The zero-order valence-electron chi connectivity index (χ0n) is 8.78. The molecule has 0 aromatic carbocycles. The Morgan fingerprint density at radius 1 is 1.43 bits per heavy atom. The standard InChI is InChI=1S/C9H18N2O2S/c1-8(2)14(13)7-9(12)11-5-3-10-4-6-11/h8,10H,3-7H2,1-2H3. The molecule has 0 aromatic heterocycles. The lowest BCUT2D eigenvalue weighted by atomic mass is 10.3. The second kappa shape index (κ2) is 5.46. The maximum atomic E-state index is 11.6. The van der Waals surface area contributed by atoms with E-state index in [1.165, 1.54) is 0 Å². The Hall–Kier alpha value is -0.420. The summed E-state index contributed by atoms with van der Waals surface area (Å²) in [7, 11) is -1.02. The van der Waals surface area contributed by atoms with Crippen LogP contribution in [0.5, 0.6) is 0 Å². The highest BCUT2D eigenvalue weighted by molar-refractivity contribution is 7.86. The van der Waals surface area contributed by atoms with Crippen LogP contribution in [0, 0.1) is 0 Å². The smallest absolute Gasteiger partial charge is 0.235 e. The number of amides is 1. The largest absolute Gasteiger partial charge is 0.339 e. The molecular weight excluding hydrogens is 200 g/mol. The number of nitrogens with zero attached hydrogens (tertiary/aromatic N) is 1. The lowest BCUT2D eigenvalue weighted by Crippen LogP contribution is -2.48. The molecule has 0 aliphatic carbocycles. The fraction of sp³-hybridized carbons (Fsp3) is 0.889. The Kier molecular flexibility index (Phi) is 4.54.